The normalized spacial score (nSPS) is 15.4. The van der Waals surface area contributed by atoms with Crippen molar-refractivity contribution in [2.45, 2.75) is 56.0 Å². The minimum atomic E-state index is 0.615. The van der Waals surface area contributed by atoms with Crippen molar-refractivity contribution in [2.75, 3.05) is 0 Å². The molecular formula is C20H23N3S. The Morgan fingerprint density at radius 2 is 1.83 bits per heavy atom. The molecule has 1 aliphatic rings. The molecule has 2 aromatic carbocycles. The first kappa shape index (κ1) is 15.7. The Kier molecular flexibility index (Phi) is 4.56. The van der Waals surface area contributed by atoms with Crippen LogP contribution in [0.2, 0.25) is 0 Å². The molecule has 0 radical (unpaired) electrons. The fourth-order valence-corrected chi connectivity index (χ4v) is 4.76. The molecule has 1 heterocycles. The van der Waals surface area contributed by atoms with Gasteiger partial charge in [0.2, 0.25) is 0 Å². The smallest absolute Gasteiger partial charge is 0.191 e. The molecule has 24 heavy (non-hydrogen) atoms. The highest BCUT2D eigenvalue weighted by molar-refractivity contribution is 7.98. The monoisotopic (exact) mass is 337 g/mol. The SMILES string of the molecule is CCn1c(SCc2cccc3ccccc23)nnc1C1CCCC1. The van der Waals surface area contributed by atoms with Crippen molar-refractivity contribution in [3.05, 3.63) is 53.9 Å². The molecule has 4 heteroatoms. The Hall–Kier alpha value is -1.81. The van der Waals surface area contributed by atoms with Gasteiger partial charge in [0.05, 0.1) is 0 Å². The van der Waals surface area contributed by atoms with Crippen molar-refractivity contribution in [1.29, 1.82) is 0 Å². The molecule has 3 nitrogen and oxygen atoms in total. The third-order valence-electron chi connectivity index (χ3n) is 5.02. The van der Waals surface area contributed by atoms with Gasteiger partial charge in [-0.3, -0.25) is 0 Å². The lowest BCUT2D eigenvalue weighted by atomic mass is 10.1. The number of rotatable bonds is 5. The molecule has 0 unspecified atom stereocenters. The zero-order chi connectivity index (χ0) is 16.4. The molecule has 1 aromatic heterocycles. The summed E-state index contributed by atoms with van der Waals surface area (Å²) >= 11 is 1.81. The summed E-state index contributed by atoms with van der Waals surface area (Å²) < 4.78 is 2.33. The quantitative estimate of drug-likeness (QED) is 0.584. The summed E-state index contributed by atoms with van der Waals surface area (Å²) in [6.07, 6.45) is 5.21. The predicted octanol–water partition coefficient (Wildman–Crippen LogP) is 5.40. The van der Waals surface area contributed by atoms with Crippen LogP contribution in [0.5, 0.6) is 0 Å². The summed E-state index contributed by atoms with van der Waals surface area (Å²) in [6.45, 7) is 3.15. The van der Waals surface area contributed by atoms with E-state index in [1.165, 1.54) is 47.8 Å². The molecule has 1 aliphatic carbocycles. The van der Waals surface area contributed by atoms with E-state index in [1.54, 1.807) is 0 Å². The molecule has 0 spiro atoms. The van der Waals surface area contributed by atoms with E-state index in [0.29, 0.717) is 5.92 Å². The largest absolute Gasteiger partial charge is 0.306 e. The van der Waals surface area contributed by atoms with Gasteiger partial charge in [0.25, 0.3) is 0 Å². The van der Waals surface area contributed by atoms with Gasteiger partial charge in [-0.2, -0.15) is 0 Å². The van der Waals surface area contributed by atoms with Crippen LogP contribution >= 0.6 is 11.8 Å². The van der Waals surface area contributed by atoms with E-state index in [-0.39, 0.29) is 0 Å². The maximum atomic E-state index is 4.54. The first-order chi connectivity index (χ1) is 11.9. The molecule has 0 saturated heterocycles. The van der Waals surface area contributed by atoms with Gasteiger partial charge in [0.1, 0.15) is 5.82 Å². The average Bonchev–Trinajstić information content (AvgIpc) is 3.28. The first-order valence-electron chi connectivity index (χ1n) is 8.89. The van der Waals surface area contributed by atoms with E-state index >= 15 is 0 Å². The topological polar surface area (TPSA) is 30.7 Å². The van der Waals surface area contributed by atoms with Crippen LogP contribution in [-0.2, 0) is 12.3 Å². The Labute approximate surface area is 147 Å². The van der Waals surface area contributed by atoms with Crippen LogP contribution in [0.1, 0.15) is 49.9 Å². The number of hydrogen-bond acceptors (Lipinski definition) is 3. The highest BCUT2D eigenvalue weighted by Gasteiger charge is 2.24. The second-order valence-electron chi connectivity index (χ2n) is 6.49. The van der Waals surface area contributed by atoms with Gasteiger partial charge in [0.15, 0.2) is 5.16 Å². The lowest BCUT2D eigenvalue weighted by Gasteiger charge is -2.12. The maximum absolute atomic E-state index is 4.54. The fourth-order valence-electron chi connectivity index (χ4n) is 3.75. The van der Waals surface area contributed by atoms with Crippen LogP contribution in [0.3, 0.4) is 0 Å². The number of nitrogens with zero attached hydrogens (tertiary/aromatic N) is 3. The number of aromatic nitrogens is 3. The van der Waals surface area contributed by atoms with E-state index < -0.39 is 0 Å². The summed E-state index contributed by atoms with van der Waals surface area (Å²) in [5.41, 5.74) is 1.37. The van der Waals surface area contributed by atoms with E-state index in [2.05, 4.69) is 64.2 Å². The van der Waals surface area contributed by atoms with Crippen molar-refractivity contribution >= 4 is 22.5 Å². The summed E-state index contributed by atoms with van der Waals surface area (Å²) in [6, 6.07) is 15.1. The van der Waals surface area contributed by atoms with Gasteiger partial charge in [0, 0.05) is 18.2 Å². The summed E-state index contributed by atoms with van der Waals surface area (Å²) in [4.78, 5) is 0. The summed E-state index contributed by atoms with van der Waals surface area (Å²) in [7, 11) is 0. The molecule has 0 atom stereocenters. The van der Waals surface area contributed by atoms with E-state index in [4.69, 9.17) is 0 Å². The molecule has 1 fully saturated rings. The van der Waals surface area contributed by atoms with Crippen molar-refractivity contribution in [2.24, 2.45) is 0 Å². The number of fused-ring (bicyclic) bond motifs is 1. The second-order valence-corrected chi connectivity index (χ2v) is 7.44. The van der Waals surface area contributed by atoms with Crippen LogP contribution in [0, 0.1) is 0 Å². The summed E-state index contributed by atoms with van der Waals surface area (Å²) in [5, 5.41) is 12.7. The average molecular weight is 337 g/mol. The van der Waals surface area contributed by atoms with Crippen LogP contribution in [-0.4, -0.2) is 14.8 Å². The third-order valence-corrected chi connectivity index (χ3v) is 6.03. The minimum Gasteiger partial charge on any atom is -0.306 e. The highest BCUT2D eigenvalue weighted by Crippen LogP contribution is 2.35. The van der Waals surface area contributed by atoms with Gasteiger partial charge in [-0.25, -0.2) is 0 Å². The molecular weight excluding hydrogens is 314 g/mol. The Morgan fingerprint density at radius 1 is 1.04 bits per heavy atom. The van der Waals surface area contributed by atoms with Gasteiger partial charge in [-0.1, -0.05) is 67.1 Å². The zero-order valence-corrected chi connectivity index (χ0v) is 14.9. The minimum absolute atomic E-state index is 0.615. The van der Waals surface area contributed by atoms with Crippen LogP contribution in [0.4, 0.5) is 0 Å². The fraction of sp³-hybridized carbons (Fsp3) is 0.400. The van der Waals surface area contributed by atoms with E-state index in [0.717, 1.165) is 17.5 Å². The zero-order valence-electron chi connectivity index (χ0n) is 14.1. The maximum Gasteiger partial charge on any atom is 0.191 e. The molecule has 0 aliphatic heterocycles. The third kappa shape index (κ3) is 2.95. The molecule has 3 aromatic rings. The number of thioether (sulfide) groups is 1. The van der Waals surface area contributed by atoms with Gasteiger partial charge < -0.3 is 4.57 Å². The van der Waals surface area contributed by atoms with E-state index in [1.807, 2.05) is 11.8 Å². The van der Waals surface area contributed by atoms with Crippen molar-refractivity contribution in [3.63, 3.8) is 0 Å². The number of hydrogen-bond donors (Lipinski definition) is 0. The van der Waals surface area contributed by atoms with Crippen LogP contribution in [0.15, 0.2) is 47.6 Å². The van der Waals surface area contributed by atoms with E-state index in [9.17, 15) is 0 Å². The lowest BCUT2D eigenvalue weighted by Crippen LogP contribution is -2.06. The summed E-state index contributed by atoms with van der Waals surface area (Å²) in [5.74, 6) is 2.75. The highest BCUT2D eigenvalue weighted by atomic mass is 32.2. The molecule has 1 saturated carbocycles. The Balaban J connectivity index is 1.57. The van der Waals surface area contributed by atoms with Gasteiger partial charge in [-0.15, -0.1) is 10.2 Å². The van der Waals surface area contributed by atoms with Crippen LogP contribution < -0.4 is 0 Å². The first-order valence-corrected chi connectivity index (χ1v) is 9.88. The molecule has 0 bridgehead atoms. The number of benzene rings is 2. The molecule has 4 rings (SSSR count). The van der Waals surface area contributed by atoms with Gasteiger partial charge in [-0.05, 0) is 36.1 Å². The molecule has 0 N–H and O–H groups in total. The molecule has 0 amide bonds. The standard InChI is InChI=1S/C20H23N3S/c1-2-23-19(16-9-3-4-10-16)21-22-20(23)24-14-17-12-7-11-15-8-5-6-13-18(15)17/h5-8,11-13,16H,2-4,9-10,14H2,1H3. The predicted molar refractivity (Wildman–Crippen MR) is 100 cm³/mol. The van der Waals surface area contributed by atoms with Crippen molar-refractivity contribution in [1.82, 2.24) is 14.8 Å². The Bertz CT molecular complexity index is 829. The van der Waals surface area contributed by atoms with Crippen molar-refractivity contribution < 1.29 is 0 Å². The second kappa shape index (κ2) is 6.98. The molecule has 124 valence electrons. The van der Waals surface area contributed by atoms with Gasteiger partial charge >= 0.3 is 0 Å². The Morgan fingerprint density at radius 3 is 2.67 bits per heavy atom. The van der Waals surface area contributed by atoms with Crippen molar-refractivity contribution in [3.8, 4) is 0 Å². The lowest BCUT2D eigenvalue weighted by molar-refractivity contribution is 0.576. The van der Waals surface area contributed by atoms with Crippen LogP contribution in [0.25, 0.3) is 10.8 Å².